The van der Waals surface area contributed by atoms with E-state index in [0.29, 0.717) is 28.3 Å². The lowest BCUT2D eigenvalue weighted by Crippen LogP contribution is -2.53. The number of hydrogen-bond donors (Lipinski definition) is 3. The second kappa shape index (κ2) is 13.6. The zero-order valence-corrected chi connectivity index (χ0v) is 30.9. The number of imide groups is 2. The van der Waals surface area contributed by atoms with Gasteiger partial charge in [0, 0.05) is 28.9 Å². The molecule has 280 valence electrons. The number of anilines is 4. The summed E-state index contributed by atoms with van der Waals surface area (Å²) in [5, 5.41) is 15.1. The first-order valence-corrected chi connectivity index (χ1v) is 18.8. The van der Waals surface area contributed by atoms with Gasteiger partial charge < -0.3 is 15.2 Å². The Labute approximate surface area is 324 Å². The number of benzene rings is 5. The molecule has 2 saturated heterocycles. The van der Waals surface area contributed by atoms with Crippen LogP contribution in [0.1, 0.15) is 35.4 Å². The number of aryl methyl sites for hydroxylation is 1. The highest BCUT2D eigenvalue weighted by Gasteiger charge is 2.70. The van der Waals surface area contributed by atoms with E-state index in [0.717, 1.165) is 27.5 Å². The molecule has 0 radical (unpaired) electrons. The summed E-state index contributed by atoms with van der Waals surface area (Å²) in [4.78, 5) is 60.6. The number of phenolic OH excluding ortho intramolecular Hbond substituents is 1. The van der Waals surface area contributed by atoms with E-state index >= 15 is 4.79 Å². The molecule has 2 aliphatic heterocycles. The van der Waals surface area contributed by atoms with Gasteiger partial charge in [-0.3, -0.25) is 29.5 Å². The average Bonchev–Trinajstić information content (AvgIpc) is 3.60. The predicted octanol–water partition coefficient (Wildman–Crippen LogP) is 7.64. The second-order valence-corrected chi connectivity index (χ2v) is 15.1. The van der Waals surface area contributed by atoms with Crippen LogP contribution in [0.15, 0.2) is 139 Å². The van der Waals surface area contributed by atoms with Crippen LogP contribution in [0.4, 0.5) is 22.7 Å². The maximum atomic E-state index is 15.4. The van der Waals surface area contributed by atoms with Gasteiger partial charge >= 0.3 is 0 Å². The molecule has 10 heteroatoms. The lowest BCUT2D eigenvalue weighted by molar-refractivity contribution is -0.138. The number of carbonyl (C=O) groups excluding carboxylic acids is 4. The number of hydrogen-bond acceptors (Lipinski definition) is 8. The quantitative estimate of drug-likeness (QED) is 0.109. The van der Waals surface area contributed by atoms with Crippen molar-refractivity contribution in [3.8, 4) is 11.5 Å². The van der Waals surface area contributed by atoms with Gasteiger partial charge in [0.2, 0.25) is 11.8 Å². The first-order chi connectivity index (χ1) is 27.2. The van der Waals surface area contributed by atoms with E-state index in [1.54, 1.807) is 24.3 Å². The van der Waals surface area contributed by atoms with E-state index < -0.39 is 46.8 Å². The summed E-state index contributed by atoms with van der Waals surface area (Å²) in [6.45, 7) is 1.96. The summed E-state index contributed by atoms with van der Waals surface area (Å²) in [7, 11) is 1.50. The summed E-state index contributed by atoms with van der Waals surface area (Å²) < 4.78 is 5.88. The highest BCUT2D eigenvalue weighted by atomic mass is 16.5. The maximum Gasteiger partial charge on any atom is 0.260 e. The fraction of sp³-hybridized carbons (Fsp3) is 0.217. The summed E-state index contributed by atoms with van der Waals surface area (Å²) in [6, 6.07) is 38.5. The third-order valence-corrected chi connectivity index (χ3v) is 12.1. The number of nitrogens with one attached hydrogen (secondary N) is 2. The Bertz CT molecular complexity index is 2400. The number of carbonyl (C=O) groups is 4. The van der Waals surface area contributed by atoms with Crippen LogP contribution in [0, 0.1) is 30.6 Å². The second-order valence-electron chi connectivity index (χ2n) is 15.1. The number of allylic oxidation sites excluding steroid dienone is 2. The highest BCUT2D eigenvalue weighted by molar-refractivity contribution is 6.22. The number of methoxy groups -OCH3 is 1. The van der Waals surface area contributed by atoms with Crippen molar-refractivity contribution in [1.29, 1.82) is 0 Å². The molecule has 2 heterocycles. The molecule has 0 unspecified atom stereocenters. The number of fused-ring (bicyclic) bond motifs is 4. The Hall–Kier alpha value is -6.68. The van der Waals surface area contributed by atoms with Gasteiger partial charge in [-0.15, -0.1) is 0 Å². The normalized spacial score (nSPS) is 25.3. The van der Waals surface area contributed by atoms with Crippen LogP contribution >= 0.6 is 0 Å². The predicted molar refractivity (Wildman–Crippen MR) is 212 cm³/mol. The zero-order chi connectivity index (χ0) is 38.7. The van der Waals surface area contributed by atoms with E-state index in [9.17, 15) is 19.5 Å². The monoisotopic (exact) mass is 744 g/mol. The topological polar surface area (TPSA) is 128 Å². The Morgan fingerprint density at radius 3 is 2.09 bits per heavy atom. The van der Waals surface area contributed by atoms with E-state index in [-0.39, 0.29) is 30.4 Å². The number of amides is 4. The molecule has 4 aliphatic rings. The van der Waals surface area contributed by atoms with Crippen molar-refractivity contribution >= 4 is 46.4 Å². The average molecular weight is 745 g/mol. The first kappa shape index (κ1) is 35.0. The van der Waals surface area contributed by atoms with Crippen LogP contribution in [-0.4, -0.2) is 40.9 Å². The number of aromatic hydroxyl groups is 1. The van der Waals surface area contributed by atoms with Gasteiger partial charge in [-0.2, -0.15) is 5.01 Å². The standard InChI is InChI=1S/C46H40N4O6/c1-27-13-15-31(16-14-27)48-50-43(53)38-26-37-34(41(35-22-21-33(51)25-39(35)56-2)46(38,45(50)55)28-9-5-3-6-10-28)23-24-36-40(37)44(54)49(42(36)52)32-19-17-30(18-20-32)47-29-11-7-4-8-12-29/h3-23,25,36-38,40-41,47-48,51H,24,26H2,1-2H3/t36-,37+,38-,40-,41+,46+/m0/s1. The molecule has 5 aromatic carbocycles. The van der Waals surface area contributed by atoms with Crippen molar-refractivity contribution < 1.29 is 29.0 Å². The minimum Gasteiger partial charge on any atom is -0.508 e. The van der Waals surface area contributed by atoms with Crippen molar-refractivity contribution in [1.82, 2.24) is 5.01 Å². The number of nitrogens with zero attached hydrogens (tertiary/aromatic N) is 2. The smallest absolute Gasteiger partial charge is 0.260 e. The summed E-state index contributed by atoms with van der Waals surface area (Å²) in [5.74, 6) is -4.78. The van der Waals surface area contributed by atoms with Crippen LogP contribution in [0.3, 0.4) is 0 Å². The number of rotatable bonds is 8. The summed E-state index contributed by atoms with van der Waals surface area (Å²) >= 11 is 0. The molecule has 0 spiro atoms. The van der Waals surface area contributed by atoms with Gasteiger partial charge in [-0.25, -0.2) is 0 Å². The summed E-state index contributed by atoms with van der Waals surface area (Å²) in [6.07, 6.45) is 2.46. The zero-order valence-electron chi connectivity index (χ0n) is 30.9. The molecule has 4 amide bonds. The van der Waals surface area contributed by atoms with E-state index in [4.69, 9.17) is 4.74 Å². The van der Waals surface area contributed by atoms with Crippen LogP contribution in [0.5, 0.6) is 11.5 Å². The molecule has 10 nitrogen and oxygen atoms in total. The van der Waals surface area contributed by atoms with Gasteiger partial charge in [0.15, 0.2) is 0 Å². The fourth-order valence-electron chi connectivity index (χ4n) is 9.67. The molecule has 1 saturated carbocycles. The van der Waals surface area contributed by atoms with Crippen molar-refractivity contribution in [3.05, 3.63) is 156 Å². The lowest BCUT2D eigenvalue weighted by atomic mass is 9.49. The van der Waals surface area contributed by atoms with Crippen molar-refractivity contribution in [2.45, 2.75) is 31.1 Å². The molecule has 6 atom stereocenters. The molecular weight excluding hydrogens is 705 g/mol. The molecule has 0 bridgehead atoms. The lowest BCUT2D eigenvalue weighted by Gasteiger charge is -2.50. The molecule has 3 N–H and O–H groups in total. The van der Waals surface area contributed by atoms with Gasteiger partial charge in [-0.05, 0) is 85.8 Å². The van der Waals surface area contributed by atoms with E-state index in [1.165, 1.54) is 18.1 Å². The Kier molecular flexibility index (Phi) is 8.49. The van der Waals surface area contributed by atoms with Gasteiger partial charge in [0.25, 0.3) is 11.8 Å². The molecular formula is C46H40N4O6. The number of phenols is 1. The SMILES string of the molecule is COc1cc(O)ccc1[C@H]1C2=CC[C@@H]3C(=O)N(c4ccc(Nc5ccccc5)cc4)C(=O)[C@@H]3[C@@H]2C[C@H]2C(=O)N(Nc3ccc(C)cc3)C(=O)[C@@]12c1ccccc1. The summed E-state index contributed by atoms with van der Waals surface area (Å²) in [5.41, 5.74) is 7.52. The maximum absolute atomic E-state index is 15.4. The molecule has 2 aliphatic carbocycles. The Morgan fingerprint density at radius 1 is 0.732 bits per heavy atom. The third kappa shape index (κ3) is 5.38. The first-order valence-electron chi connectivity index (χ1n) is 18.8. The van der Waals surface area contributed by atoms with E-state index in [2.05, 4.69) is 10.7 Å². The fourth-order valence-corrected chi connectivity index (χ4v) is 9.67. The van der Waals surface area contributed by atoms with Gasteiger partial charge in [-0.1, -0.05) is 83.9 Å². The third-order valence-electron chi connectivity index (χ3n) is 12.1. The minimum absolute atomic E-state index is 0.0188. The van der Waals surface area contributed by atoms with E-state index in [1.807, 2.05) is 110 Å². The van der Waals surface area contributed by atoms with Crippen molar-refractivity contribution in [2.24, 2.45) is 23.7 Å². The molecule has 56 heavy (non-hydrogen) atoms. The number of hydrazine groups is 1. The van der Waals surface area contributed by atoms with Gasteiger partial charge in [0.05, 0.1) is 41.7 Å². The van der Waals surface area contributed by atoms with Gasteiger partial charge in [0.1, 0.15) is 11.5 Å². The largest absolute Gasteiger partial charge is 0.508 e. The van der Waals surface area contributed by atoms with Crippen LogP contribution in [-0.2, 0) is 24.6 Å². The molecule has 9 rings (SSSR count). The molecule has 3 fully saturated rings. The number of ether oxygens (including phenoxy) is 1. The van der Waals surface area contributed by atoms with Crippen LogP contribution in [0.2, 0.25) is 0 Å². The van der Waals surface area contributed by atoms with Crippen LogP contribution < -0.4 is 20.4 Å². The molecule has 5 aromatic rings. The molecule has 0 aromatic heterocycles. The Balaban J connectivity index is 1.16. The highest BCUT2D eigenvalue weighted by Crippen LogP contribution is 2.65. The minimum atomic E-state index is -1.46. The number of para-hydroxylation sites is 1. The van der Waals surface area contributed by atoms with Crippen LogP contribution in [0.25, 0.3) is 0 Å². The Morgan fingerprint density at radius 2 is 1.39 bits per heavy atom. The van der Waals surface area contributed by atoms with Crippen molar-refractivity contribution in [2.75, 3.05) is 22.8 Å². The van der Waals surface area contributed by atoms with Crippen molar-refractivity contribution in [3.63, 3.8) is 0 Å².